The number of nitrogens with one attached hydrogen (secondary N) is 2. The summed E-state index contributed by atoms with van der Waals surface area (Å²) in [6.45, 7) is 3.62. The average Bonchev–Trinajstić information content (AvgIpc) is 2.90. The van der Waals surface area contributed by atoms with Crippen LogP contribution < -0.4 is 10.6 Å². The number of amides is 4. The van der Waals surface area contributed by atoms with Crippen LogP contribution in [-0.2, 0) is 14.3 Å². The topological polar surface area (TPSA) is 105 Å². The van der Waals surface area contributed by atoms with Crippen molar-refractivity contribution in [1.29, 1.82) is 0 Å². The Morgan fingerprint density at radius 1 is 1.25 bits per heavy atom. The number of nitrogens with zero attached hydrogens (tertiary/aromatic N) is 1. The molecule has 1 spiro atoms. The van der Waals surface area contributed by atoms with Gasteiger partial charge in [-0.25, -0.2) is 9.59 Å². The van der Waals surface area contributed by atoms with Crippen LogP contribution in [0.2, 0.25) is 0 Å². The molecule has 1 saturated carbocycles. The molecular formula is C20H25N3O5. The van der Waals surface area contributed by atoms with E-state index in [9.17, 15) is 19.2 Å². The van der Waals surface area contributed by atoms with Crippen molar-refractivity contribution in [3.63, 3.8) is 0 Å². The van der Waals surface area contributed by atoms with Gasteiger partial charge in [-0.15, -0.1) is 0 Å². The van der Waals surface area contributed by atoms with E-state index in [1.165, 1.54) is 0 Å². The first-order chi connectivity index (χ1) is 13.4. The standard InChI is InChI=1S/C20H25N3O5/c1-3-28-17(25)14-7-9-15(10-8-14)21-16(24)12-23-18(26)20(22-19(23)27)11-5-4-6-13(20)2/h7-10,13H,3-6,11-12H2,1-2H3,(H,21,24)(H,22,27)/t13-,20+/m0/s1. The van der Waals surface area contributed by atoms with E-state index in [2.05, 4.69) is 10.6 Å². The van der Waals surface area contributed by atoms with Crippen molar-refractivity contribution in [2.45, 2.75) is 45.1 Å². The van der Waals surface area contributed by atoms with E-state index in [1.54, 1.807) is 31.2 Å². The van der Waals surface area contributed by atoms with Crippen LogP contribution in [0, 0.1) is 5.92 Å². The number of hydrogen-bond acceptors (Lipinski definition) is 5. The van der Waals surface area contributed by atoms with E-state index in [-0.39, 0.29) is 25.0 Å². The van der Waals surface area contributed by atoms with Gasteiger partial charge in [0, 0.05) is 5.69 Å². The first kappa shape index (κ1) is 19.9. The number of rotatable bonds is 5. The zero-order chi connectivity index (χ0) is 20.3. The Labute approximate surface area is 163 Å². The molecule has 4 amide bonds. The van der Waals surface area contributed by atoms with Crippen LogP contribution in [-0.4, -0.2) is 47.4 Å². The van der Waals surface area contributed by atoms with Crippen molar-refractivity contribution < 1.29 is 23.9 Å². The summed E-state index contributed by atoms with van der Waals surface area (Å²) in [5.41, 5.74) is -0.0373. The highest BCUT2D eigenvalue weighted by Gasteiger charge is 2.55. The van der Waals surface area contributed by atoms with E-state index in [1.807, 2.05) is 6.92 Å². The summed E-state index contributed by atoms with van der Waals surface area (Å²) in [5.74, 6) is -1.20. The Balaban J connectivity index is 1.62. The zero-order valence-electron chi connectivity index (χ0n) is 16.1. The number of esters is 1. The summed E-state index contributed by atoms with van der Waals surface area (Å²) in [6, 6.07) is 5.70. The molecule has 8 nitrogen and oxygen atoms in total. The molecule has 150 valence electrons. The van der Waals surface area contributed by atoms with Crippen molar-refractivity contribution >= 4 is 29.5 Å². The number of anilines is 1. The van der Waals surface area contributed by atoms with Gasteiger partial charge in [-0.3, -0.25) is 14.5 Å². The minimum Gasteiger partial charge on any atom is -0.462 e. The van der Waals surface area contributed by atoms with Crippen LogP contribution >= 0.6 is 0 Å². The summed E-state index contributed by atoms with van der Waals surface area (Å²) < 4.78 is 4.91. The molecular weight excluding hydrogens is 362 g/mol. The summed E-state index contributed by atoms with van der Waals surface area (Å²) in [4.78, 5) is 50.2. The van der Waals surface area contributed by atoms with Crippen LogP contribution in [0.15, 0.2) is 24.3 Å². The van der Waals surface area contributed by atoms with Gasteiger partial charge in [0.15, 0.2) is 0 Å². The van der Waals surface area contributed by atoms with Crippen LogP contribution in [0.4, 0.5) is 10.5 Å². The van der Waals surface area contributed by atoms with E-state index < -0.39 is 23.4 Å². The van der Waals surface area contributed by atoms with Gasteiger partial charge in [0.2, 0.25) is 5.91 Å². The quantitative estimate of drug-likeness (QED) is 0.596. The first-order valence-electron chi connectivity index (χ1n) is 9.58. The summed E-state index contributed by atoms with van der Waals surface area (Å²) >= 11 is 0. The number of imide groups is 1. The highest BCUT2D eigenvalue weighted by molar-refractivity contribution is 6.10. The second-order valence-electron chi connectivity index (χ2n) is 7.29. The van der Waals surface area contributed by atoms with Gasteiger partial charge < -0.3 is 15.4 Å². The molecule has 1 saturated heterocycles. The smallest absolute Gasteiger partial charge is 0.338 e. The lowest BCUT2D eigenvalue weighted by atomic mass is 9.73. The van der Waals surface area contributed by atoms with Crippen molar-refractivity contribution in [2.24, 2.45) is 5.92 Å². The van der Waals surface area contributed by atoms with Gasteiger partial charge in [0.05, 0.1) is 12.2 Å². The third-order valence-corrected chi connectivity index (χ3v) is 5.48. The van der Waals surface area contributed by atoms with Crippen LogP contribution in [0.3, 0.4) is 0 Å². The molecule has 2 atom stereocenters. The van der Waals surface area contributed by atoms with Crippen molar-refractivity contribution in [2.75, 3.05) is 18.5 Å². The maximum Gasteiger partial charge on any atom is 0.338 e. The molecule has 0 bridgehead atoms. The third-order valence-electron chi connectivity index (χ3n) is 5.48. The minimum atomic E-state index is -0.878. The lowest BCUT2D eigenvalue weighted by molar-refractivity contribution is -0.136. The minimum absolute atomic E-state index is 0.0428. The lowest BCUT2D eigenvalue weighted by Gasteiger charge is -2.36. The Morgan fingerprint density at radius 3 is 2.61 bits per heavy atom. The fraction of sp³-hybridized carbons (Fsp3) is 0.500. The maximum absolute atomic E-state index is 12.9. The Kier molecular flexibility index (Phi) is 5.67. The largest absolute Gasteiger partial charge is 0.462 e. The monoisotopic (exact) mass is 387 g/mol. The molecule has 2 N–H and O–H groups in total. The molecule has 0 unspecified atom stereocenters. The highest BCUT2D eigenvalue weighted by Crippen LogP contribution is 2.38. The normalized spacial score (nSPS) is 24.2. The van der Waals surface area contributed by atoms with Gasteiger partial charge in [0.25, 0.3) is 5.91 Å². The van der Waals surface area contributed by atoms with Crippen molar-refractivity contribution in [3.8, 4) is 0 Å². The number of ether oxygens (including phenoxy) is 1. The second-order valence-corrected chi connectivity index (χ2v) is 7.29. The van der Waals surface area contributed by atoms with E-state index >= 15 is 0 Å². The Morgan fingerprint density at radius 2 is 1.96 bits per heavy atom. The van der Waals surface area contributed by atoms with Crippen LogP contribution in [0.25, 0.3) is 0 Å². The van der Waals surface area contributed by atoms with Gasteiger partial charge in [-0.2, -0.15) is 0 Å². The van der Waals surface area contributed by atoms with Crippen molar-refractivity contribution in [3.05, 3.63) is 29.8 Å². The molecule has 28 heavy (non-hydrogen) atoms. The van der Waals surface area contributed by atoms with Crippen LogP contribution in [0.1, 0.15) is 49.9 Å². The lowest BCUT2D eigenvalue weighted by Crippen LogP contribution is -2.54. The predicted molar refractivity (Wildman–Crippen MR) is 102 cm³/mol. The third kappa shape index (κ3) is 3.72. The Bertz CT molecular complexity index is 792. The van der Waals surface area contributed by atoms with E-state index in [4.69, 9.17) is 4.74 Å². The van der Waals surface area contributed by atoms with E-state index in [0.29, 0.717) is 17.7 Å². The molecule has 3 rings (SSSR count). The van der Waals surface area contributed by atoms with Gasteiger partial charge >= 0.3 is 12.0 Å². The summed E-state index contributed by atoms with van der Waals surface area (Å²) in [6.07, 6.45) is 3.39. The number of urea groups is 1. The second kappa shape index (κ2) is 8.00. The van der Waals surface area contributed by atoms with E-state index in [0.717, 1.165) is 24.2 Å². The van der Waals surface area contributed by atoms with Gasteiger partial charge in [-0.05, 0) is 49.9 Å². The number of benzene rings is 1. The highest BCUT2D eigenvalue weighted by atomic mass is 16.5. The molecule has 8 heteroatoms. The summed E-state index contributed by atoms with van der Waals surface area (Å²) in [7, 11) is 0. The average molecular weight is 387 g/mol. The van der Waals surface area contributed by atoms with Gasteiger partial charge in [0.1, 0.15) is 12.1 Å². The maximum atomic E-state index is 12.9. The number of carbonyl (C=O) groups is 4. The molecule has 1 aliphatic carbocycles. The van der Waals surface area contributed by atoms with Crippen molar-refractivity contribution in [1.82, 2.24) is 10.2 Å². The number of hydrogen-bond donors (Lipinski definition) is 2. The zero-order valence-corrected chi connectivity index (χ0v) is 16.1. The molecule has 1 aliphatic heterocycles. The molecule has 1 heterocycles. The van der Waals surface area contributed by atoms with Crippen LogP contribution in [0.5, 0.6) is 0 Å². The molecule has 1 aromatic carbocycles. The molecule has 0 aromatic heterocycles. The molecule has 0 radical (unpaired) electrons. The fourth-order valence-electron chi connectivity index (χ4n) is 3.89. The number of carbonyl (C=O) groups excluding carboxylic acids is 4. The van der Waals surface area contributed by atoms with Gasteiger partial charge in [-0.1, -0.05) is 19.8 Å². The molecule has 2 fully saturated rings. The first-order valence-corrected chi connectivity index (χ1v) is 9.58. The Hall–Kier alpha value is -2.90. The fourth-order valence-corrected chi connectivity index (χ4v) is 3.89. The molecule has 1 aromatic rings. The predicted octanol–water partition coefficient (Wildman–Crippen LogP) is 2.30. The summed E-state index contributed by atoms with van der Waals surface area (Å²) in [5, 5.41) is 5.47. The SMILES string of the molecule is CCOC(=O)c1ccc(NC(=O)CN2C(=O)N[C@@]3(CCCC[C@@H]3C)C2=O)cc1. The molecule has 2 aliphatic rings.